The molecule has 3 aromatic carbocycles. The number of hydrogen-bond donors (Lipinski definition) is 2. The average Bonchev–Trinajstić information content (AvgIpc) is 2.90. The molecular formula is C28H24F3N3O5S. The van der Waals surface area contributed by atoms with Crippen molar-refractivity contribution < 1.29 is 36.3 Å². The lowest BCUT2D eigenvalue weighted by Crippen LogP contribution is -2.48. The number of phenols is 1. The second-order valence-electron chi connectivity index (χ2n) is 9.13. The summed E-state index contributed by atoms with van der Waals surface area (Å²) in [6, 6.07) is 15.3. The lowest BCUT2D eigenvalue weighted by molar-refractivity contribution is -0.137. The molecule has 1 saturated heterocycles. The van der Waals surface area contributed by atoms with Gasteiger partial charge in [0.25, 0.3) is 11.8 Å². The molecule has 1 fully saturated rings. The Morgan fingerprint density at radius 1 is 0.875 bits per heavy atom. The van der Waals surface area contributed by atoms with Crippen LogP contribution in [0.25, 0.3) is 0 Å². The Bertz CT molecular complexity index is 1600. The monoisotopic (exact) mass is 571 g/mol. The fraction of sp³-hybridized carbons (Fsp3) is 0.214. The largest absolute Gasteiger partial charge is 0.508 e. The molecule has 12 heteroatoms. The number of nitrogens with one attached hydrogen (secondary N) is 1. The van der Waals surface area contributed by atoms with Crippen LogP contribution in [0.3, 0.4) is 0 Å². The van der Waals surface area contributed by atoms with Gasteiger partial charge in [0.2, 0.25) is 10.0 Å². The second kappa shape index (κ2) is 11.3. The molecule has 4 rings (SSSR count). The van der Waals surface area contributed by atoms with Crippen molar-refractivity contribution >= 4 is 27.5 Å². The molecule has 0 saturated carbocycles. The number of phenolic OH excluding ortho intramolecular Hbond substituents is 1. The van der Waals surface area contributed by atoms with Crippen LogP contribution >= 0.6 is 0 Å². The first-order valence-corrected chi connectivity index (χ1v) is 13.9. The van der Waals surface area contributed by atoms with E-state index in [4.69, 9.17) is 0 Å². The molecule has 2 amide bonds. The number of rotatable bonds is 4. The number of carbonyl (C=O) groups excluding carboxylic acids is 2. The van der Waals surface area contributed by atoms with E-state index in [2.05, 4.69) is 11.8 Å². The molecule has 40 heavy (non-hydrogen) atoms. The number of carbonyl (C=O) groups is 2. The molecule has 1 aliphatic heterocycles. The van der Waals surface area contributed by atoms with Gasteiger partial charge in [0.1, 0.15) is 5.75 Å². The zero-order valence-corrected chi connectivity index (χ0v) is 22.0. The van der Waals surface area contributed by atoms with Crippen LogP contribution < -0.4 is 9.62 Å². The first-order chi connectivity index (χ1) is 18.8. The number of sulfonamides is 1. The number of amides is 2. The maximum absolute atomic E-state index is 13.6. The minimum atomic E-state index is -4.68. The van der Waals surface area contributed by atoms with E-state index < -0.39 is 33.6 Å². The number of aromatic hydroxyl groups is 1. The third kappa shape index (κ3) is 7.33. The van der Waals surface area contributed by atoms with Crippen molar-refractivity contribution in [2.24, 2.45) is 0 Å². The van der Waals surface area contributed by atoms with Crippen LogP contribution in [0.2, 0.25) is 0 Å². The third-order valence-electron chi connectivity index (χ3n) is 6.04. The van der Waals surface area contributed by atoms with E-state index >= 15 is 0 Å². The van der Waals surface area contributed by atoms with E-state index in [1.165, 1.54) is 35.2 Å². The van der Waals surface area contributed by atoms with Gasteiger partial charge in [0, 0.05) is 54.1 Å². The first kappa shape index (κ1) is 28.5. The fourth-order valence-corrected chi connectivity index (χ4v) is 4.57. The summed E-state index contributed by atoms with van der Waals surface area (Å²) in [5, 5.41) is 9.58. The summed E-state index contributed by atoms with van der Waals surface area (Å²) in [5.41, 5.74) is 0.203. The van der Waals surface area contributed by atoms with Crippen molar-refractivity contribution in [2.75, 3.05) is 37.3 Å². The van der Waals surface area contributed by atoms with Gasteiger partial charge in [0.05, 0.1) is 11.8 Å². The summed E-state index contributed by atoms with van der Waals surface area (Å²) < 4.78 is 65.2. The van der Waals surface area contributed by atoms with Crippen LogP contribution in [0.15, 0.2) is 66.7 Å². The number of anilines is 1. The van der Waals surface area contributed by atoms with Crippen molar-refractivity contribution in [3.05, 3.63) is 94.5 Å². The van der Waals surface area contributed by atoms with E-state index in [0.29, 0.717) is 18.7 Å². The van der Waals surface area contributed by atoms with Crippen molar-refractivity contribution in [1.29, 1.82) is 0 Å². The van der Waals surface area contributed by atoms with Crippen molar-refractivity contribution in [3.8, 4) is 17.6 Å². The number of nitrogens with zero attached hydrogens (tertiary/aromatic N) is 2. The highest BCUT2D eigenvalue weighted by Crippen LogP contribution is 2.31. The highest BCUT2D eigenvalue weighted by Gasteiger charge is 2.32. The highest BCUT2D eigenvalue weighted by molar-refractivity contribution is 7.89. The Labute approximate surface area is 229 Å². The molecule has 0 atom stereocenters. The van der Waals surface area contributed by atoms with Gasteiger partial charge in [-0.1, -0.05) is 17.9 Å². The molecule has 0 aliphatic carbocycles. The van der Waals surface area contributed by atoms with Crippen LogP contribution in [0.5, 0.6) is 5.75 Å². The van der Waals surface area contributed by atoms with Crippen molar-refractivity contribution in [3.63, 3.8) is 0 Å². The van der Waals surface area contributed by atoms with Gasteiger partial charge in [-0.2, -0.15) is 13.2 Å². The van der Waals surface area contributed by atoms with Crippen LogP contribution in [0, 0.1) is 11.8 Å². The predicted molar refractivity (Wildman–Crippen MR) is 142 cm³/mol. The van der Waals surface area contributed by atoms with Gasteiger partial charge in [0.15, 0.2) is 0 Å². The topological polar surface area (TPSA) is 107 Å². The van der Waals surface area contributed by atoms with Gasteiger partial charge < -0.3 is 14.9 Å². The summed E-state index contributed by atoms with van der Waals surface area (Å²) in [7, 11) is -3.70. The second-order valence-corrected chi connectivity index (χ2v) is 10.9. The van der Waals surface area contributed by atoms with Crippen LogP contribution in [-0.2, 0) is 16.2 Å². The highest BCUT2D eigenvalue weighted by atomic mass is 32.2. The molecule has 3 aromatic rings. The Kier molecular flexibility index (Phi) is 8.06. The molecule has 8 nitrogen and oxygen atoms in total. The maximum Gasteiger partial charge on any atom is 0.416 e. The molecule has 208 valence electrons. The molecule has 0 bridgehead atoms. The summed E-state index contributed by atoms with van der Waals surface area (Å²) in [6.07, 6.45) is -3.80. The minimum absolute atomic E-state index is 0.0140. The lowest BCUT2D eigenvalue weighted by atomic mass is 10.0. The smallest absolute Gasteiger partial charge is 0.416 e. The first-order valence-electron chi connectivity index (χ1n) is 12.0. The summed E-state index contributed by atoms with van der Waals surface area (Å²) >= 11 is 0. The maximum atomic E-state index is 13.6. The number of halogens is 3. The zero-order chi connectivity index (χ0) is 29.1. The number of piperazine rings is 1. The molecular weight excluding hydrogens is 547 g/mol. The van der Waals surface area contributed by atoms with Crippen LogP contribution in [-0.4, -0.2) is 62.7 Å². The number of alkyl halides is 3. The van der Waals surface area contributed by atoms with E-state index in [-0.39, 0.29) is 35.5 Å². The molecule has 0 aromatic heterocycles. The Morgan fingerprint density at radius 2 is 1.52 bits per heavy atom. The lowest BCUT2D eigenvalue weighted by Gasteiger charge is -2.36. The Morgan fingerprint density at radius 3 is 2.12 bits per heavy atom. The fourth-order valence-electron chi connectivity index (χ4n) is 4.12. The standard InChI is InChI=1S/C28H24F3N3O5S/c1-40(38,39)32-26(36)21-7-9-24(10-8-21)33-11-13-34(14-12-33)27(37)22-15-20(16-23(18-22)28(29,30)31)6-5-19-3-2-4-25(35)17-19/h2-4,7-10,15-18,35H,11-14H2,1H3,(H,32,36). The molecule has 2 N–H and O–H groups in total. The van der Waals surface area contributed by atoms with Gasteiger partial charge >= 0.3 is 6.18 Å². The molecule has 1 aliphatic rings. The summed E-state index contributed by atoms with van der Waals surface area (Å²) in [5.74, 6) is 4.02. The van der Waals surface area contributed by atoms with E-state index in [0.717, 1.165) is 24.1 Å². The van der Waals surface area contributed by atoms with Gasteiger partial charge in [-0.25, -0.2) is 13.1 Å². The van der Waals surface area contributed by atoms with Gasteiger partial charge in [-0.05, 0) is 60.7 Å². The van der Waals surface area contributed by atoms with Gasteiger partial charge in [-0.15, -0.1) is 0 Å². The Hall–Kier alpha value is -4.50. The van der Waals surface area contributed by atoms with Crippen LogP contribution in [0.4, 0.5) is 18.9 Å². The molecule has 1 heterocycles. The summed E-state index contributed by atoms with van der Waals surface area (Å²) in [4.78, 5) is 28.6. The zero-order valence-electron chi connectivity index (χ0n) is 21.2. The number of benzene rings is 3. The van der Waals surface area contributed by atoms with E-state index in [9.17, 15) is 36.3 Å². The summed E-state index contributed by atoms with van der Waals surface area (Å²) in [6.45, 7) is 1.28. The van der Waals surface area contributed by atoms with E-state index in [1.807, 2.05) is 9.62 Å². The normalized spacial score (nSPS) is 13.8. The van der Waals surface area contributed by atoms with Gasteiger partial charge in [-0.3, -0.25) is 9.59 Å². The number of hydrogen-bond acceptors (Lipinski definition) is 6. The Balaban J connectivity index is 1.47. The minimum Gasteiger partial charge on any atom is -0.508 e. The third-order valence-corrected chi connectivity index (χ3v) is 6.60. The quantitative estimate of drug-likeness (QED) is 0.465. The molecule has 0 spiro atoms. The average molecular weight is 572 g/mol. The van der Waals surface area contributed by atoms with Crippen LogP contribution in [0.1, 0.15) is 37.4 Å². The molecule has 0 unspecified atom stereocenters. The molecule has 0 radical (unpaired) electrons. The van der Waals surface area contributed by atoms with E-state index in [1.54, 1.807) is 24.3 Å². The SMILES string of the molecule is CS(=O)(=O)NC(=O)c1ccc(N2CCN(C(=O)c3cc(C#Cc4cccc(O)c4)cc(C(F)(F)F)c3)CC2)cc1. The van der Waals surface area contributed by atoms with Crippen molar-refractivity contribution in [2.45, 2.75) is 6.18 Å². The van der Waals surface area contributed by atoms with Crippen molar-refractivity contribution in [1.82, 2.24) is 9.62 Å². The predicted octanol–water partition coefficient (Wildman–Crippen LogP) is 3.46.